The molecule has 19 heavy (non-hydrogen) atoms. The van der Waals surface area contributed by atoms with Gasteiger partial charge in [-0.15, -0.1) is 0 Å². The molecule has 102 valence electrons. The minimum Gasteiger partial charge on any atom is -0.341 e. The van der Waals surface area contributed by atoms with E-state index < -0.39 is 17.2 Å². The van der Waals surface area contributed by atoms with Crippen molar-refractivity contribution in [2.24, 2.45) is 0 Å². The molecule has 0 aromatic heterocycles. The third-order valence-electron chi connectivity index (χ3n) is 3.02. The molecule has 1 N–H and O–H groups in total. The lowest BCUT2D eigenvalue weighted by molar-refractivity contribution is -0.149. The van der Waals surface area contributed by atoms with Gasteiger partial charge in [0.2, 0.25) is 11.8 Å². The first kappa shape index (κ1) is 13.5. The van der Waals surface area contributed by atoms with Gasteiger partial charge in [-0.05, 0) is 26.0 Å². The van der Waals surface area contributed by atoms with Crippen LogP contribution < -0.4 is 5.32 Å². The van der Waals surface area contributed by atoms with Crippen LogP contribution in [0, 0.1) is 11.6 Å². The Morgan fingerprint density at radius 2 is 1.84 bits per heavy atom. The Morgan fingerprint density at radius 1 is 1.26 bits per heavy atom. The first-order valence-corrected chi connectivity index (χ1v) is 5.84. The van der Waals surface area contributed by atoms with Gasteiger partial charge < -0.3 is 10.2 Å². The lowest BCUT2D eigenvalue weighted by atomic mass is 10.00. The average Bonchev–Trinajstić information content (AvgIpc) is 2.29. The van der Waals surface area contributed by atoms with E-state index >= 15 is 0 Å². The number of piperazine rings is 1. The van der Waals surface area contributed by atoms with Gasteiger partial charge in [-0.2, -0.15) is 0 Å². The zero-order valence-corrected chi connectivity index (χ0v) is 10.7. The second-order valence-corrected chi connectivity index (χ2v) is 5.03. The molecule has 0 unspecified atom stereocenters. The molecule has 1 fully saturated rings. The van der Waals surface area contributed by atoms with E-state index in [2.05, 4.69) is 5.32 Å². The maximum atomic E-state index is 13.5. The number of amides is 2. The molecule has 0 radical (unpaired) electrons. The third kappa shape index (κ3) is 2.57. The topological polar surface area (TPSA) is 49.4 Å². The van der Waals surface area contributed by atoms with Crippen molar-refractivity contribution in [3.8, 4) is 0 Å². The van der Waals surface area contributed by atoms with E-state index in [1.54, 1.807) is 13.8 Å². The maximum absolute atomic E-state index is 13.5. The molecule has 1 aliphatic rings. The number of hydrogen-bond donors (Lipinski definition) is 1. The van der Waals surface area contributed by atoms with Crippen LogP contribution in [0.25, 0.3) is 0 Å². The number of benzene rings is 1. The van der Waals surface area contributed by atoms with E-state index in [0.29, 0.717) is 0 Å². The normalized spacial score (nSPS) is 18.4. The molecule has 1 heterocycles. The Kier molecular flexibility index (Phi) is 3.26. The van der Waals surface area contributed by atoms with Crippen LogP contribution in [0.15, 0.2) is 18.2 Å². The lowest BCUT2D eigenvalue weighted by Gasteiger charge is -2.37. The number of carbonyl (C=O) groups is 2. The van der Waals surface area contributed by atoms with Gasteiger partial charge in [-0.1, -0.05) is 6.07 Å². The number of nitrogens with zero attached hydrogens (tertiary/aromatic N) is 1. The van der Waals surface area contributed by atoms with Crippen molar-refractivity contribution in [3.05, 3.63) is 35.4 Å². The fraction of sp³-hybridized carbons (Fsp3) is 0.385. The Labute approximate surface area is 109 Å². The standard InChI is InChI=1S/C13H14F2N2O2/c1-13(2)12(19)17(7-11(18)16-13)6-8-9(14)4-3-5-10(8)15/h3-5H,6-7H2,1-2H3,(H,16,18). The molecule has 0 spiro atoms. The van der Waals surface area contributed by atoms with Crippen LogP contribution in [0.5, 0.6) is 0 Å². The van der Waals surface area contributed by atoms with E-state index in [-0.39, 0.29) is 30.5 Å². The van der Waals surface area contributed by atoms with Gasteiger partial charge in [0, 0.05) is 5.56 Å². The number of nitrogens with one attached hydrogen (secondary N) is 1. The van der Waals surface area contributed by atoms with Gasteiger partial charge >= 0.3 is 0 Å². The van der Waals surface area contributed by atoms with Gasteiger partial charge in [0.1, 0.15) is 17.2 Å². The molecular weight excluding hydrogens is 254 g/mol. The average molecular weight is 268 g/mol. The van der Waals surface area contributed by atoms with Crippen LogP contribution in [-0.4, -0.2) is 28.8 Å². The summed E-state index contributed by atoms with van der Waals surface area (Å²) in [6, 6.07) is 3.50. The maximum Gasteiger partial charge on any atom is 0.248 e. The van der Waals surface area contributed by atoms with Crippen molar-refractivity contribution in [1.29, 1.82) is 0 Å². The fourth-order valence-corrected chi connectivity index (χ4v) is 2.08. The summed E-state index contributed by atoms with van der Waals surface area (Å²) in [5.74, 6) is -2.16. The van der Waals surface area contributed by atoms with Crippen LogP contribution >= 0.6 is 0 Å². The smallest absolute Gasteiger partial charge is 0.248 e. The van der Waals surface area contributed by atoms with Crippen molar-refractivity contribution in [2.75, 3.05) is 6.54 Å². The highest BCUT2D eigenvalue weighted by Gasteiger charge is 2.39. The summed E-state index contributed by atoms with van der Waals surface area (Å²) in [5, 5.41) is 2.53. The molecule has 0 bridgehead atoms. The van der Waals surface area contributed by atoms with E-state index in [4.69, 9.17) is 0 Å². The molecule has 1 saturated heterocycles. The lowest BCUT2D eigenvalue weighted by Crippen LogP contribution is -2.63. The van der Waals surface area contributed by atoms with Crippen molar-refractivity contribution < 1.29 is 18.4 Å². The Hall–Kier alpha value is -1.98. The minimum absolute atomic E-state index is 0.198. The molecule has 2 rings (SSSR count). The summed E-state index contributed by atoms with van der Waals surface area (Å²) in [6.45, 7) is 2.65. The van der Waals surface area contributed by atoms with Crippen LogP contribution in [0.2, 0.25) is 0 Å². The molecule has 2 amide bonds. The van der Waals surface area contributed by atoms with E-state index in [1.807, 2.05) is 0 Å². The van der Waals surface area contributed by atoms with Crippen molar-refractivity contribution in [3.63, 3.8) is 0 Å². The van der Waals surface area contributed by atoms with Crippen LogP contribution in [0.3, 0.4) is 0 Å². The summed E-state index contributed by atoms with van der Waals surface area (Å²) in [5.41, 5.74) is -1.27. The predicted molar refractivity (Wildman–Crippen MR) is 64.0 cm³/mol. The summed E-state index contributed by atoms with van der Waals surface area (Å²) in [4.78, 5) is 24.7. The van der Waals surface area contributed by atoms with Crippen LogP contribution in [0.1, 0.15) is 19.4 Å². The van der Waals surface area contributed by atoms with Crippen molar-refractivity contribution >= 4 is 11.8 Å². The number of halogens is 2. The Bertz CT molecular complexity index is 523. The zero-order chi connectivity index (χ0) is 14.2. The fourth-order valence-electron chi connectivity index (χ4n) is 2.08. The van der Waals surface area contributed by atoms with E-state index in [0.717, 1.165) is 17.0 Å². The molecule has 0 saturated carbocycles. The number of rotatable bonds is 2. The van der Waals surface area contributed by atoms with Gasteiger partial charge in [0.25, 0.3) is 0 Å². The molecule has 0 atom stereocenters. The highest BCUT2D eigenvalue weighted by Crippen LogP contribution is 2.19. The number of hydrogen-bond acceptors (Lipinski definition) is 2. The highest BCUT2D eigenvalue weighted by molar-refractivity contribution is 5.97. The third-order valence-corrected chi connectivity index (χ3v) is 3.02. The van der Waals surface area contributed by atoms with Gasteiger partial charge in [-0.3, -0.25) is 9.59 Å². The SMILES string of the molecule is CC1(C)NC(=O)CN(Cc2c(F)cccc2F)C1=O. The van der Waals surface area contributed by atoms with Crippen molar-refractivity contribution in [1.82, 2.24) is 10.2 Å². The minimum atomic E-state index is -1.06. The van der Waals surface area contributed by atoms with Gasteiger partial charge in [-0.25, -0.2) is 8.78 Å². The van der Waals surface area contributed by atoms with Gasteiger partial charge in [0.05, 0.1) is 13.1 Å². The highest BCUT2D eigenvalue weighted by atomic mass is 19.1. The molecular formula is C13H14F2N2O2. The predicted octanol–water partition coefficient (Wildman–Crippen LogP) is 1.20. The first-order chi connectivity index (χ1) is 8.81. The van der Waals surface area contributed by atoms with Gasteiger partial charge in [0.15, 0.2) is 0 Å². The second kappa shape index (κ2) is 4.60. The number of carbonyl (C=O) groups excluding carboxylic acids is 2. The Morgan fingerprint density at radius 3 is 2.42 bits per heavy atom. The second-order valence-electron chi connectivity index (χ2n) is 5.03. The van der Waals surface area contributed by atoms with E-state index in [9.17, 15) is 18.4 Å². The Balaban J connectivity index is 2.27. The summed E-state index contributed by atoms with van der Waals surface area (Å²) in [7, 11) is 0. The molecule has 1 aromatic carbocycles. The summed E-state index contributed by atoms with van der Waals surface area (Å²) < 4.78 is 27.1. The molecule has 1 aromatic rings. The van der Waals surface area contributed by atoms with E-state index in [1.165, 1.54) is 6.07 Å². The summed E-state index contributed by atoms with van der Waals surface area (Å²) >= 11 is 0. The largest absolute Gasteiger partial charge is 0.341 e. The molecule has 6 heteroatoms. The van der Waals surface area contributed by atoms with Crippen LogP contribution in [-0.2, 0) is 16.1 Å². The molecule has 4 nitrogen and oxygen atoms in total. The molecule has 1 aliphatic heterocycles. The molecule has 0 aliphatic carbocycles. The van der Waals surface area contributed by atoms with Crippen LogP contribution in [0.4, 0.5) is 8.78 Å². The summed E-state index contributed by atoms with van der Waals surface area (Å²) in [6.07, 6.45) is 0. The van der Waals surface area contributed by atoms with Crippen molar-refractivity contribution in [2.45, 2.75) is 25.9 Å². The zero-order valence-electron chi connectivity index (χ0n) is 10.7. The quantitative estimate of drug-likeness (QED) is 0.876. The monoisotopic (exact) mass is 268 g/mol. The first-order valence-electron chi connectivity index (χ1n) is 5.84.